The molecule has 0 saturated carbocycles. The number of nitrogens with one attached hydrogen (secondary N) is 1. The van der Waals surface area contributed by atoms with Crippen LogP contribution in [-0.4, -0.2) is 64.3 Å². The lowest BCUT2D eigenvalue weighted by molar-refractivity contribution is -0.125. The first-order valence-corrected chi connectivity index (χ1v) is 13.1. The van der Waals surface area contributed by atoms with E-state index >= 15 is 0 Å². The fourth-order valence-corrected chi connectivity index (χ4v) is 5.56. The first-order chi connectivity index (χ1) is 16.2. The molecule has 2 aliphatic heterocycles. The Labute approximate surface area is 201 Å². The van der Waals surface area contributed by atoms with E-state index in [0.717, 1.165) is 41.4 Å². The summed E-state index contributed by atoms with van der Waals surface area (Å²) in [4.78, 5) is 30.0. The van der Waals surface area contributed by atoms with Crippen LogP contribution >= 0.6 is 0 Å². The van der Waals surface area contributed by atoms with Crippen LogP contribution in [0.1, 0.15) is 37.7 Å². The Morgan fingerprint density at radius 2 is 1.85 bits per heavy atom. The largest absolute Gasteiger partial charge is 0.358 e. The molecule has 1 saturated heterocycles. The number of nitrogens with zero attached hydrogens (tertiary/aromatic N) is 3. The maximum absolute atomic E-state index is 13.5. The molecule has 0 aromatic heterocycles. The lowest BCUT2D eigenvalue weighted by atomic mass is 9.96. The summed E-state index contributed by atoms with van der Waals surface area (Å²) in [6.45, 7) is 3.07. The van der Waals surface area contributed by atoms with Crippen molar-refractivity contribution >= 4 is 33.2 Å². The third-order valence-electron chi connectivity index (χ3n) is 6.66. The van der Waals surface area contributed by atoms with Crippen molar-refractivity contribution in [2.75, 3.05) is 43.5 Å². The SMILES string of the molecule is CC(CNC(=O)CN1C(=O)C2CCCCN2c2ccc(S(=O)(=O)N(C)C)cc21)c1ccccc1. The van der Waals surface area contributed by atoms with Crippen LogP contribution in [0.25, 0.3) is 0 Å². The van der Waals surface area contributed by atoms with E-state index in [0.29, 0.717) is 12.2 Å². The molecule has 2 amide bonds. The Hall–Kier alpha value is -2.91. The molecule has 0 bridgehead atoms. The zero-order chi connectivity index (χ0) is 24.5. The third-order valence-corrected chi connectivity index (χ3v) is 8.47. The van der Waals surface area contributed by atoms with Gasteiger partial charge in [0.2, 0.25) is 21.8 Å². The Morgan fingerprint density at radius 3 is 2.56 bits per heavy atom. The molecule has 4 rings (SSSR count). The van der Waals surface area contributed by atoms with Crippen molar-refractivity contribution in [2.45, 2.75) is 43.0 Å². The zero-order valence-corrected chi connectivity index (χ0v) is 20.7. The van der Waals surface area contributed by atoms with Gasteiger partial charge in [-0.2, -0.15) is 0 Å². The third kappa shape index (κ3) is 4.67. The van der Waals surface area contributed by atoms with Crippen LogP contribution < -0.4 is 15.1 Å². The first kappa shape index (κ1) is 24.2. The molecule has 9 heteroatoms. The average molecular weight is 485 g/mol. The summed E-state index contributed by atoms with van der Waals surface area (Å²) in [5.41, 5.74) is 2.39. The molecule has 2 aromatic carbocycles. The van der Waals surface area contributed by atoms with E-state index in [1.807, 2.05) is 37.3 Å². The van der Waals surface area contributed by atoms with Crippen molar-refractivity contribution in [3.63, 3.8) is 0 Å². The highest BCUT2D eigenvalue weighted by atomic mass is 32.2. The predicted octanol–water partition coefficient (Wildman–Crippen LogP) is 2.56. The van der Waals surface area contributed by atoms with Gasteiger partial charge < -0.3 is 10.2 Å². The summed E-state index contributed by atoms with van der Waals surface area (Å²) in [6, 6.07) is 14.5. The van der Waals surface area contributed by atoms with Crippen LogP contribution in [0.15, 0.2) is 53.4 Å². The van der Waals surface area contributed by atoms with Crippen molar-refractivity contribution in [1.29, 1.82) is 0 Å². The maximum Gasteiger partial charge on any atom is 0.250 e. The van der Waals surface area contributed by atoms with Crippen LogP contribution in [0.2, 0.25) is 0 Å². The molecule has 2 aromatic rings. The van der Waals surface area contributed by atoms with Crippen molar-refractivity contribution in [3.8, 4) is 0 Å². The molecule has 0 aliphatic carbocycles. The van der Waals surface area contributed by atoms with E-state index in [1.54, 1.807) is 12.1 Å². The number of hydrogen-bond acceptors (Lipinski definition) is 5. The van der Waals surface area contributed by atoms with Crippen LogP contribution in [0.4, 0.5) is 11.4 Å². The Bertz CT molecular complexity index is 1170. The Kier molecular flexibility index (Phi) is 6.95. The summed E-state index contributed by atoms with van der Waals surface area (Å²) in [5, 5.41) is 2.94. The van der Waals surface area contributed by atoms with E-state index in [9.17, 15) is 18.0 Å². The minimum atomic E-state index is -3.68. The predicted molar refractivity (Wildman–Crippen MR) is 133 cm³/mol. The van der Waals surface area contributed by atoms with Gasteiger partial charge in [-0.3, -0.25) is 14.5 Å². The van der Waals surface area contributed by atoms with Gasteiger partial charge in [0.1, 0.15) is 12.6 Å². The van der Waals surface area contributed by atoms with Crippen LogP contribution in [0, 0.1) is 0 Å². The molecule has 8 nitrogen and oxygen atoms in total. The van der Waals surface area contributed by atoms with E-state index in [2.05, 4.69) is 10.2 Å². The summed E-state index contributed by atoms with van der Waals surface area (Å²) in [7, 11) is -0.741. The van der Waals surface area contributed by atoms with Gasteiger partial charge in [0.05, 0.1) is 16.3 Å². The molecule has 0 radical (unpaired) electrons. The fourth-order valence-electron chi connectivity index (χ4n) is 4.64. The second kappa shape index (κ2) is 9.76. The van der Waals surface area contributed by atoms with Crippen molar-refractivity contribution < 1.29 is 18.0 Å². The van der Waals surface area contributed by atoms with E-state index < -0.39 is 10.0 Å². The van der Waals surface area contributed by atoms with Crippen LogP contribution in [-0.2, 0) is 19.6 Å². The van der Waals surface area contributed by atoms with Gasteiger partial charge in [0.15, 0.2) is 0 Å². The molecule has 2 unspecified atom stereocenters. The Balaban J connectivity index is 1.59. The van der Waals surface area contributed by atoms with Gasteiger partial charge in [0, 0.05) is 27.2 Å². The molecule has 1 N–H and O–H groups in total. The quantitative estimate of drug-likeness (QED) is 0.652. The number of fused-ring (bicyclic) bond motifs is 3. The highest BCUT2D eigenvalue weighted by Gasteiger charge is 2.40. The van der Waals surface area contributed by atoms with Gasteiger partial charge in [-0.05, 0) is 48.9 Å². The standard InChI is InChI=1S/C25H32N4O4S/c1-18(19-9-5-4-6-10-19)16-26-24(30)17-29-23-15-20(34(32,33)27(2)3)12-13-21(23)28-14-8-7-11-22(28)25(29)31/h4-6,9-10,12-13,15,18,22H,7-8,11,14,16-17H2,1-3H3,(H,26,30). The van der Waals surface area contributed by atoms with E-state index in [-0.39, 0.29) is 35.2 Å². The van der Waals surface area contributed by atoms with Crippen LogP contribution in [0.5, 0.6) is 0 Å². The molecular formula is C25H32N4O4S. The number of hydrogen-bond donors (Lipinski definition) is 1. The number of carbonyl (C=O) groups is 2. The average Bonchev–Trinajstić information content (AvgIpc) is 2.85. The number of anilines is 2. The zero-order valence-electron chi connectivity index (χ0n) is 19.9. The molecule has 0 spiro atoms. The monoisotopic (exact) mass is 484 g/mol. The van der Waals surface area contributed by atoms with Crippen molar-refractivity contribution in [3.05, 3.63) is 54.1 Å². The second-order valence-electron chi connectivity index (χ2n) is 9.18. The molecule has 182 valence electrons. The van der Waals surface area contributed by atoms with Gasteiger partial charge in [-0.15, -0.1) is 0 Å². The molecule has 34 heavy (non-hydrogen) atoms. The van der Waals surface area contributed by atoms with Crippen molar-refractivity contribution in [2.24, 2.45) is 0 Å². The molecular weight excluding hydrogens is 452 g/mol. The number of sulfonamides is 1. The van der Waals surface area contributed by atoms with E-state index in [4.69, 9.17) is 0 Å². The number of benzene rings is 2. The molecule has 2 heterocycles. The number of carbonyl (C=O) groups excluding carboxylic acids is 2. The summed E-state index contributed by atoms with van der Waals surface area (Å²) in [5.74, 6) is -0.301. The highest BCUT2D eigenvalue weighted by Crippen LogP contribution is 2.40. The number of piperidine rings is 1. The minimum Gasteiger partial charge on any atom is -0.358 e. The van der Waals surface area contributed by atoms with Gasteiger partial charge in [-0.25, -0.2) is 12.7 Å². The summed E-state index contributed by atoms with van der Waals surface area (Å²) >= 11 is 0. The van der Waals surface area contributed by atoms with Crippen molar-refractivity contribution in [1.82, 2.24) is 9.62 Å². The Morgan fingerprint density at radius 1 is 1.12 bits per heavy atom. The van der Waals surface area contributed by atoms with Gasteiger partial charge >= 0.3 is 0 Å². The summed E-state index contributed by atoms with van der Waals surface area (Å²) < 4.78 is 26.6. The normalized spacial score (nSPS) is 18.9. The van der Waals surface area contributed by atoms with Gasteiger partial charge in [-0.1, -0.05) is 37.3 Å². The molecule has 2 atom stereocenters. The van der Waals surface area contributed by atoms with Crippen LogP contribution in [0.3, 0.4) is 0 Å². The first-order valence-electron chi connectivity index (χ1n) is 11.7. The molecule has 1 fully saturated rings. The highest BCUT2D eigenvalue weighted by molar-refractivity contribution is 7.89. The lowest BCUT2D eigenvalue weighted by Crippen LogP contribution is -2.57. The second-order valence-corrected chi connectivity index (χ2v) is 11.3. The molecule has 2 aliphatic rings. The smallest absolute Gasteiger partial charge is 0.250 e. The number of rotatable bonds is 7. The summed E-state index contributed by atoms with van der Waals surface area (Å²) in [6.07, 6.45) is 2.64. The number of amides is 2. The minimum absolute atomic E-state index is 0.0996. The maximum atomic E-state index is 13.5. The van der Waals surface area contributed by atoms with E-state index in [1.165, 1.54) is 25.1 Å². The fraction of sp³-hybridized carbons (Fsp3) is 0.440. The lowest BCUT2D eigenvalue weighted by Gasteiger charge is -2.45. The topological polar surface area (TPSA) is 90.0 Å². The van der Waals surface area contributed by atoms with Gasteiger partial charge in [0.25, 0.3) is 0 Å².